The van der Waals surface area contributed by atoms with Gasteiger partial charge in [0.2, 0.25) is 0 Å². The molecule has 0 bridgehead atoms. The Labute approximate surface area is 137 Å². The first-order valence-electron chi connectivity index (χ1n) is 6.84. The van der Waals surface area contributed by atoms with Crippen LogP contribution in [-0.2, 0) is 4.74 Å². The number of rotatable bonds is 5. The fourth-order valence-corrected chi connectivity index (χ4v) is 2.98. The number of aryl methyl sites for hydroxylation is 1. The van der Waals surface area contributed by atoms with Crippen LogP contribution in [0.3, 0.4) is 0 Å². The predicted octanol–water partition coefficient (Wildman–Crippen LogP) is 2.57. The maximum absolute atomic E-state index is 12.2. The normalized spacial score (nSPS) is 20.9. The van der Waals surface area contributed by atoms with Crippen LogP contribution in [-0.4, -0.2) is 38.3 Å². The molecule has 118 valence electrons. The van der Waals surface area contributed by atoms with E-state index < -0.39 is 0 Å². The molecular weight excluding hydrogens is 311 g/mol. The Hall–Kier alpha value is -0.810. The average Bonchev–Trinajstić information content (AvgIpc) is 2.84. The summed E-state index contributed by atoms with van der Waals surface area (Å²) in [5, 5.41) is 7.00. The fraction of sp³-hybridized carbons (Fsp3) is 0.533. The van der Waals surface area contributed by atoms with Gasteiger partial charge in [-0.25, -0.2) is 0 Å². The molecule has 1 saturated heterocycles. The predicted molar refractivity (Wildman–Crippen MR) is 87.6 cm³/mol. The van der Waals surface area contributed by atoms with Gasteiger partial charge in [-0.15, -0.1) is 12.4 Å². The highest BCUT2D eigenvalue weighted by Gasteiger charge is 2.33. The van der Waals surface area contributed by atoms with E-state index in [1.807, 2.05) is 19.1 Å². The zero-order valence-corrected chi connectivity index (χ0v) is 13.9. The second-order valence-electron chi connectivity index (χ2n) is 5.44. The molecule has 1 atom stereocenters. The van der Waals surface area contributed by atoms with Crippen molar-refractivity contribution >= 4 is 29.9 Å². The number of carbonyl (C=O) groups is 1. The van der Waals surface area contributed by atoms with E-state index in [4.69, 9.17) is 16.3 Å². The van der Waals surface area contributed by atoms with Gasteiger partial charge in [-0.05, 0) is 50.1 Å². The molecule has 1 aliphatic heterocycles. The van der Waals surface area contributed by atoms with E-state index in [9.17, 15) is 4.79 Å². The second kappa shape index (κ2) is 7.99. The van der Waals surface area contributed by atoms with Crippen LogP contribution in [0.1, 0.15) is 28.8 Å². The van der Waals surface area contributed by atoms with Crippen molar-refractivity contribution in [2.45, 2.75) is 25.3 Å². The molecule has 2 rings (SSSR count). The molecule has 21 heavy (non-hydrogen) atoms. The number of carbonyl (C=O) groups excluding carboxylic acids is 1. The minimum Gasteiger partial charge on any atom is -0.383 e. The fourth-order valence-electron chi connectivity index (χ4n) is 2.69. The standard InChI is InChI=1S/C15H21ClN2O2.ClH/c1-11-6-12(8-13(16)7-11)14(19)17-9-15(10-20-2)4-3-5-18-15;/h6-8,18H,3-5,9-10H2,1-2H3,(H,17,19);1H. The summed E-state index contributed by atoms with van der Waals surface area (Å²) in [6, 6.07) is 5.37. The van der Waals surface area contributed by atoms with E-state index in [0.717, 1.165) is 24.9 Å². The summed E-state index contributed by atoms with van der Waals surface area (Å²) in [6.45, 7) is 4.05. The van der Waals surface area contributed by atoms with E-state index in [-0.39, 0.29) is 23.9 Å². The first-order valence-corrected chi connectivity index (χ1v) is 7.22. The number of methoxy groups -OCH3 is 1. The molecule has 1 amide bonds. The number of hydrogen-bond donors (Lipinski definition) is 2. The molecule has 0 saturated carbocycles. The Morgan fingerprint density at radius 3 is 2.81 bits per heavy atom. The van der Waals surface area contributed by atoms with Crippen LogP contribution in [0.2, 0.25) is 5.02 Å². The molecule has 0 radical (unpaired) electrons. The molecule has 1 heterocycles. The molecule has 6 heteroatoms. The second-order valence-corrected chi connectivity index (χ2v) is 5.88. The van der Waals surface area contributed by atoms with E-state index in [0.29, 0.717) is 23.7 Å². The molecule has 1 aliphatic rings. The van der Waals surface area contributed by atoms with Gasteiger partial charge in [0.25, 0.3) is 5.91 Å². The summed E-state index contributed by atoms with van der Waals surface area (Å²) in [5.41, 5.74) is 1.44. The van der Waals surface area contributed by atoms with Gasteiger partial charge in [0, 0.05) is 24.2 Å². The van der Waals surface area contributed by atoms with Crippen LogP contribution in [0.25, 0.3) is 0 Å². The van der Waals surface area contributed by atoms with Crippen LogP contribution in [0.15, 0.2) is 18.2 Å². The Morgan fingerprint density at radius 2 is 2.24 bits per heavy atom. The smallest absolute Gasteiger partial charge is 0.251 e. The van der Waals surface area contributed by atoms with Gasteiger partial charge in [0.05, 0.1) is 12.1 Å². The molecule has 0 aliphatic carbocycles. The number of nitrogens with one attached hydrogen (secondary N) is 2. The molecule has 2 N–H and O–H groups in total. The number of halogens is 2. The maximum atomic E-state index is 12.2. The average molecular weight is 333 g/mol. The number of ether oxygens (including phenoxy) is 1. The quantitative estimate of drug-likeness (QED) is 0.871. The Morgan fingerprint density at radius 1 is 1.48 bits per heavy atom. The van der Waals surface area contributed by atoms with Gasteiger partial charge in [0.15, 0.2) is 0 Å². The van der Waals surface area contributed by atoms with Gasteiger partial charge in [0.1, 0.15) is 0 Å². The molecule has 1 unspecified atom stereocenters. The number of hydrogen-bond acceptors (Lipinski definition) is 3. The summed E-state index contributed by atoms with van der Waals surface area (Å²) in [6.07, 6.45) is 2.12. The van der Waals surface area contributed by atoms with Gasteiger partial charge in [-0.3, -0.25) is 4.79 Å². The summed E-state index contributed by atoms with van der Waals surface area (Å²) in [7, 11) is 1.68. The van der Waals surface area contributed by atoms with Crippen molar-refractivity contribution in [3.63, 3.8) is 0 Å². The zero-order chi connectivity index (χ0) is 14.6. The van der Waals surface area contributed by atoms with Gasteiger partial charge >= 0.3 is 0 Å². The van der Waals surface area contributed by atoms with E-state index >= 15 is 0 Å². The topological polar surface area (TPSA) is 50.4 Å². The van der Waals surface area contributed by atoms with Crippen molar-refractivity contribution in [3.8, 4) is 0 Å². The van der Waals surface area contributed by atoms with Crippen LogP contribution >= 0.6 is 24.0 Å². The minimum absolute atomic E-state index is 0. The van der Waals surface area contributed by atoms with Gasteiger partial charge in [-0.1, -0.05) is 11.6 Å². The first kappa shape index (κ1) is 18.2. The lowest BCUT2D eigenvalue weighted by molar-refractivity contribution is 0.0892. The van der Waals surface area contributed by atoms with Crippen LogP contribution < -0.4 is 10.6 Å². The molecule has 0 aromatic heterocycles. The van der Waals surface area contributed by atoms with Crippen LogP contribution in [0.5, 0.6) is 0 Å². The molecular formula is C15H22Cl2N2O2. The highest BCUT2D eigenvalue weighted by Crippen LogP contribution is 2.19. The molecule has 0 spiro atoms. The van der Waals surface area contributed by atoms with Crippen LogP contribution in [0, 0.1) is 6.92 Å². The largest absolute Gasteiger partial charge is 0.383 e. The SMILES string of the molecule is COCC1(CNC(=O)c2cc(C)cc(Cl)c2)CCCN1.Cl. The lowest BCUT2D eigenvalue weighted by Crippen LogP contribution is -2.53. The van der Waals surface area contributed by atoms with Crippen molar-refractivity contribution in [1.29, 1.82) is 0 Å². The molecule has 1 aromatic rings. The highest BCUT2D eigenvalue weighted by molar-refractivity contribution is 6.31. The molecule has 1 fully saturated rings. The summed E-state index contributed by atoms with van der Waals surface area (Å²) >= 11 is 5.99. The van der Waals surface area contributed by atoms with Crippen LogP contribution in [0.4, 0.5) is 0 Å². The van der Waals surface area contributed by atoms with E-state index in [2.05, 4.69) is 10.6 Å². The van der Waals surface area contributed by atoms with E-state index in [1.54, 1.807) is 13.2 Å². The number of amides is 1. The third-order valence-corrected chi connectivity index (χ3v) is 3.86. The minimum atomic E-state index is -0.141. The lowest BCUT2D eigenvalue weighted by atomic mass is 9.98. The van der Waals surface area contributed by atoms with Gasteiger partial charge < -0.3 is 15.4 Å². The Balaban J connectivity index is 0.00000220. The van der Waals surface area contributed by atoms with Gasteiger partial charge in [-0.2, -0.15) is 0 Å². The summed E-state index contributed by atoms with van der Waals surface area (Å²) in [5.74, 6) is -0.0974. The van der Waals surface area contributed by atoms with Crippen molar-refractivity contribution in [2.75, 3.05) is 26.8 Å². The summed E-state index contributed by atoms with van der Waals surface area (Å²) in [4.78, 5) is 12.2. The Bertz CT molecular complexity index is 468. The third-order valence-electron chi connectivity index (χ3n) is 3.64. The molecule has 4 nitrogen and oxygen atoms in total. The lowest BCUT2D eigenvalue weighted by Gasteiger charge is -2.29. The highest BCUT2D eigenvalue weighted by atomic mass is 35.5. The van der Waals surface area contributed by atoms with Crippen molar-refractivity contribution in [2.24, 2.45) is 0 Å². The maximum Gasteiger partial charge on any atom is 0.251 e. The zero-order valence-electron chi connectivity index (χ0n) is 12.4. The van der Waals surface area contributed by atoms with Crippen molar-refractivity contribution < 1.29 is 9.53 Å². The first-order chi connectivity index (χ1) is 9.54. The molecule has 1 aromatic carbocycles. The van der Waals surface area contributed by atoms with Crippen molar-refractivity contribution in [3.05, 3.63) is 34.3 Å². The van der Waals surface area contributed by atoms with E-state index in [1.165, 1.54) is 0 Å². The summed E-state index contributed by atoms with van der Waals surface area (Å²) < 4.78 is 5.27. The van der Waals surface area contributed by atoms with Crippen molar-refractivity contribution in [1.82, 2.24) is 10.6 Å². The Kier molecular flexibility index (Phi) is 6.94. The third kappa shape index (κ3) is 4.85. The monoisotopic (exact) mass is 332 g/mol. The number of benzene rings is 1.